The van der Waals surface area contributed by atoms with Crippen molar-refractivity contribution in [2.75, 3.05) is 30.4 Å². The molecule has 0 atom stereocenters. The summed E-state index contributed by atoms with van der Waals surface area (Å²) in [5.74, 6) is 2.25. The third kappa shape index (κ3) is 4.91. The number of nitrogens with zero attached hydrogens (tertiary/aromatic N) is 4. The van der Waals surface area contributed by atoms with Gasteiger partial charge in [0.15, 0.2) is 0 Å². The van der Waals surface area contributed by atoms with Gasteiger partial charge in [-0.15, -0.1) is 0 Å². The third-order valence-corrected chi connectivity index (χ3v) is 5.15. The van der Waals surface area contributed by atoms with E-state index in [2.05, 4.69) is 51.6 Å². The Hall–Kier alpha value is -3.68. The van der Waals surface area contributed by atoms with Crippen LogP contribution >= 0.6 is 0 Å². The molecule has 0 bridgehead atoms. The van der Waals surface area contributed by atoms with Crippen molar-refractivity contribution in [2.24, 2.45) is 0 Å². The van der Waals surface area contributed by atoms with Crippen molar-refractivity contribution >= 4 is 23.5 Å². The lowest BCUT2D eigenvalue weighted by atomic mass is 10.0. The van der Waals surface area contributed by atoms with Crippen molar-refractivity contribution in [2.45, 2.75) is 25.9 Å². The Labute approximate surface area is 181 Å². The lowest BCUT2D eigenvalue weighted by Crippen LogP contribution is -2.54. The first kappa shape index (κ1) is 20.6. The van der Waals surface area contributed by atoms with E-state index < -0.39 is 0 Å². The van der Waals surface area contributed by atoms with Crippen LogP contribution in [0.1, 0.15) is 35.7 Å². The molecule has 0 radical (unpaired) electrons. The molecule has 0 saturated carbocycles. The molecule has 4 rings (SSSR count). The van der Waals surface area contributed by atoms with Crippen LogP contribution in [0.3, 0.4) is 0 Å². The second-order valence-electron chi connectivity index (χ2n) is 7.76. The van der Waals surface area contributed by atoms with Gasteiger partial charge in [-0.3, -0.25) is 4.79 Å². The Kier molecular flexibility index (Phi) is 5.97. The molecule has 2 N–H and O–H groups in total. The van der Waals surface area contributed by atoms with E-state index in [0.29, 0.717) is 36.5 Å². The molecule has 2 aromatic carbocycles. The normalized spacial score (nSPS) is 13.6. The first-order valence-electron chi connectivity index (χ1n) is 10.3. The zero-order valence-corrected chi connectivity index (χ0v) is 17.9. The van der Waals surface area contributed by atoms with Crippen LogP contribution in [0.5, 0.6) is 5.75 Å². The Bertz CT molecular complexity index is 1050. The number of benzene rings is 2. The van der Waals surface area contributed by atoms with Crippen LogP contribution in [0.4, 0.5) is 17.6 Å². The molecule has 3 aromatic rings. The largest absolute Gasteiger partial charge is 0.487 e. The highest BCUT2D eigenvalue weighted by Gasteiger charge is 2.30. The van der Waals surface area contributed by atoms with Crippen molar-refractivity contribution in [3.63, 3.8) is 0 Å². The maximum absolute atomic E-state index is 11.8. The van der Waals surface area contributed by atoms with Crippen LogP contribution in [-0.2, 0) is 0 Å². The predicted molar refractivity (Wildman–Crippen MR) is 120 cm³/mol. The van der Waals surface area contributed by atoms with Gasteiger partial charge in [-0.05, 0) is 41.8 Å². The molecule has 1 fully saturated rings. The Morgan fingerprint density at radius 3 is 2.61 bits per heavy atom. The number of carbonyl (C=O) groups excluding carboxylic acids is 1. The van der Waals surface area contributed by atoms with E-state index >= 15 is 0 Å². The minimum absolute atomic E-state index is 0.0994. The van der Waals surface area contributed by atoms with Crippen LogP contribution in [0.15, 0.2) is 54.9 Å². The molecule has 31 heavy (non-hydrogen) atoms. The van der Waals surface area contributed by atoms with Gasteiger partial charge >= 0.3 is 0 Å². The molecule has 8 nitrogen and oxygen atoms in total. The number of carbonyl (C=O) groups is 1. The summed E-state index contributed by atoms with van der Waals surface area (Å²) in [6.07, 6.45) is 1.58. The van der Waals surface area contributed by atoms with Crippen LogP contribution in [-0.4, -0.2) is 47.1 Å². The second-order valence-corrected chi connectivity index (χ2v) is 7.76. The van der Waals surface area contributed by atoms with Gasteiger partial charge in [0.1, 0.15) is 18.2 Å². The van der Waals surface area contributed by atoms with Gasteiger partial charge in [0.2, 0.25) is 11.9 Å². The average molecular weight is 419 g/mol. The van der Waals surface area contributed by atoms with Crippen molar-refractivity contribution in [1.82, 2.24) is 20.3 Å². The predicted octanol–water partition coefficient (Wildman–Crippen LogP) is 3.37. The number of nitrogens with one attached hydrogen (secondary N) is 2. The number of aromatic nitrogens is 3. The van der Waals surface area contributed by atoms with E-state index in [1.807, 2.05) is 23.1 Å². The van der Waals surface area contributed by atoms with Gasteiger partial charge < -0.3 is 20.3 Å². The van der Waals surface area contributed by atoms with Crippen molar-refractivity contribution in [3.8, 4) is 5.75 Å². The molecule has 8 heteroatoms. The average Bonchev–Trinajstić information content (AvgIpc) is 2.76. The highest BCUT2D eigenvalue weighted by atomic mass is 16.5. The molecule has 1 saturated heterocycles. The second kappa shape index (κ2) is 8.99. The number of hydrogen-bond acceptors (Lipinski definition) is 7. The molecular formula is C23H26N6O2. The van der Waals surface area contributed by atoms with Crippen LogP contribution in [0.25, 0.3) is 0 Å². The fourth-order valence-corrected chi connectivity index (χ4v) is 3.31. The van der Waals surface area contributed by atoms with Gasteiger partial charge in [0.05, 0.1) is 13.1 Å². The SMILES string of the molecule is CNC(=O)c1cccc(Nc2ncnc(N3CC(Oc4ccc(C(C)C)cc4)C3)n2)c1. The summed E-state index contributed by atoms with van der Waals surface area (Å²) in [5, 5.41) is 5.75. The lowest BCUT2D eigenvalue weighted by Gasteiger charge is -2.38. The topological polar surface area (TPSA) is 92.3 Å². The van der Waals surface area contributed by atoms with E-state index in [0.717, 1.165) is 11.4 Å². The summed E-state index contributed by atoms with van der Waals surface area (Å²) in [6.45, 7) is 5.77. The summed E-state index contributed by atoms with van der Waals surface area (Å²) < 4.78 is 6.04. The van der Waals surface area contributed by atoms with Gasteiger partial charge in [-0.25, -0.2) is 9.97 Å². The molecule has 1 amide bonds. The number of anilines is 3. The van der Waals surface area contributed by atoms with Crippen LogP contribution in [0.2, 0.25) is 0 Å². The van der Waals surface area contributed by atoms with Crippen LogP contribution in [0, 0.1) is 0 Å². The number of rotatable bonds is 7. The Morgan fingerprint density at radius 1 is 1.13 bits per heavy atom. The smallest absolute Gasteiger partial charge is 0.251 e. The molecular weight excluding hydrogens is 392 g/mol. The summed E-state index contributed by atoms with van der Waals surface area (Å²) in [6, 6.07) is 15.4. The first-order chi connectivity index (χ1) is 15.0. The fraction of sp³-hybridized carbons (Fsp3) is 0.304. The summed E-state index contributed by atoms with van der Waals surface area (Å²) in [7, 11) is 1.60. The van der Waals surface area contributed by atoms with E-state index in [4.69, 9.17) is 4.74 Å². The molecule has 160 valence electrons. The molecule has 1 aliphatic rings. The van der Waals surface area contributed by atoms with E-state index in [9.17, 15) is 4.79 Å². The van der Waals surface area contributed by atoms with E-state index in [1.165, 1.54) is 11.9 Å². The number of ether oxygens (including phenoxy) is 1. The molecule has 1 aromatic heterocycles. The molecule has 0 spiro atoms. The highest BCUT2D eigenvalue weighted by Crippen LogP contribution is 2.24. The minimum Gasteiger partial charge on any atom is -0.487 e. The molecule has 1 aliphatic heterocycles. The van der Waals surface area contributed by atoms with Gasteiger partial charge in [0, 0.05) is 18.3 Å². The third-order valence-electron chi connectivity index (χ3n) is 5.15. The van der Waals surface area contributed by atoms with Gasteiger partial charge in [-0.2, -0.15) is 4.98 Å². The van der Waals surface area contributed by atoms with Gasteiger partial charge in [0.25, 0.3) is 5.91 Å². The zero-order valence-electron chi connectivity index (χ0n) is 17.9. The maximum Gasteiger partial charge on any atom is 0.251 e. The standard InChI is InChI=1S/C23H26N6O2/c1-15(2)16-7-9-19(10-8-16)31-20-12-29(13-20)23-26-14-25-22(28-23)27-18-6-4-5-17(11-18)21(30)24-3/h4-11,14-15,20H,12-13H2,1-3H3,(H,24,30)(H,25,26,27,28). The van der Waals surface area contributed by atoms with Gasteiger partial charge in [-0.1, -0.05) is 32.0 Å². The fourth-order valence-electron chi connectivity index (χ4n) is 3.31. The Morgan fingerprint density at radius 2 is 1.90 bits per heavy atom. The van der Waals surface area contributed by atoms with E-state index in [-0.39, 0.29) is 12.0 Å². The molecule has 0 unspecified atom stereocenters. The highest BCUT2D eigenvalue weighted by molar-refractivity contribution is 5.95. The first-order valence-corrected chi connectivity index (χ1v) is 10.3. The maximum atomic E-state index is 11.8. The number of amides is 1. The van der Waals surface area contributed by atoms with Crippen molar-refractivity contribution < 1.29 is 9.53 Å². The Balaban J connectivity index is 1.35. The summed E-state index contributed by atoms with van der Waals surface area (Å²) in [5.41, 5.74) is 2.59. The van der Waals surface area contributed by atoms with Crippen molar-refractivity contribution in [1.29, 1.82) is 0 Å². The minimum atomic E-state index is -0.148. The van der Waals surface area contributed by atoms with Crippen molar-refractivity contribution in [3.05, 3.63) is 66.0 Å². The lowest BCUT2D eigenvalue weighted by molar-refractivity contribution is 0.0963. The van der Waals surface area contributed by atoms with Crippen LogP contribution < -0.4 is 20.3 Å². The molecule has 2 heterocycles. The zero-order chi connectivity index (χ0) is 21.8. The quantitative estimate of drug-likeness (QED) is 0.608. The molecule has 0 aliphatic carbocycles. The summed E-state index contributed by atoms with van der Waals surface area (Å²) in [4.78, 5) is 26.8. The van der Waals surface area contributed by atoms with E-state index in [1.54, 1.807) is 25.2 Å². The number of hydrogen-bond donors (Lipinski definition) is 2. The summed E-state index contributed by atoms with van der Waals surface area (Å²) >= 11 is 0. The monoisotopic (exact) mass is 418 g/mol.